The number of amides is 3. The lowest BCUT2D eigenvalue weighted by Crippen LogP contribution is -2.48. The Hall–Kier alpha value is -4.12. The number of aromatic amines is 1. The van der Waals surface area contributed by atoms with Crippen molar-refractivity contribution in [1.29, 1.82) is 0 Å². The first-order chi connectivity index (χ1) is 22.7. The van der Waals surface area contributed by atoms with Crippen molar-refractivity contribution >= 4 is 58.5 Å². The fourth-order valence-corrected chi connectivity index (χ4v) is 6.74. The van der Waals surface area contributed by atoms with Gasteiger partial charge in [0, 0.05) is 29.6 Å². The minimum absolute atomic E-state index is 0. The number of rotatable bonds is 10. The van der Waals surface area contributed by atoms with E-state index >= 15 is 0 Å². The molecule has 3 aromatic carbocycles. The number of aryl methyl sites for hydroxylation is 1. The van der Waals surface area contributed by atoms with Crippen LogP contribution in [0.3, 0.4) is 0 Å². The molecule has 2 aliphatic carbocycles. The number of anilines is 1. The highest BCUT2D eigenvalue weighted by Gasteiger charge is 2.30. The lowest BCUT2D eigenvalue weighted by Gasteiger charge is -2.28. The smallest absolute Gasteiger partial charge is 0.406 e. The quantitative estimate of drug-likeness (QED) is 0.139. The standard InChI is InChI=1S/C36H40ClN5O5.ClH/c1-20-15-25(34(44)39-26-3-2-4-26)13-14-28(20)23-9-5-21(6-10-23)16-31(41-33(43)24-11-7-22(19-38)8-12-24)35(45)40-27-17-29(37)32-30(18-27)42-36(46)47-32;/h5-6,9-10,13-15,17-18,22,24,26,31H,2-4,7-8,11-12,16,19,38H2,1H3,(H,39,44)(H,40,45)(H,41,43)(H,42,46);1H/t22-,24-,31-;/m0./s1. The maximum atomic E-state index is 13.7. The maximum absolute atomic E-state index is 13.7. The number of H-pyrrole nitrogens is 1. The maximum Gasteiger partial charge on any atom is 0.417 e. The molecule has 1 atom stereocenters. The average Bonchev–Trinajstić information content (AvgIpc) is 3.43. The highest BCUT2D eigenvalue weighted by atomic mass is 35.5. The topological polar surface area (TPSA) is 159 Å². The van der Waals surface area contributed by atoms with Crippen LogP contribution in [0.5, 0.6) is 0 Å². The second-order valence-electron chi connectivity index (χ2n) is 12.9. The zero-order chi connectivity index (χ0) is 33.1. The molecule has 1 heterocycles. The van der Waals surface area contributed by atoms with Gasteiger partial charge in [-0.3, -0.25) is 19.4 Å². The summed E-state index contributed by atoms with van der Waals surface area (Å²) < 4.78 is 5.07. The zero-order valence-corrected chi connectivity index (χ0v) is 28.3. The van der Waals surface area contributed by atoms with Crippen molar-refractivity contribution in [2.75, 3.05) is 11.9 Å². The fraction of sp³-hybridized carbons (Fsp3) is 0.389. The predicted molar refractivity (Wildman–Crippen MR) is 190 cm³/mol. The van der Waals surface area contributed by atoms with Crippen molar-refractivity contribution in [2.45, 2.75) is 70.4 Å². The van der Waals surface area contributed by atoms with Crippen molar-refractivity contribution in [2.24, 2.45) is 17.6 Å². The van der Waals surface area contributed by atoms with Gasteiger partial charge in [0.2, 0.25) is 11.8 Å². The van der Waals surface area contributed by atoms with Crippen molar-refractivity contribution in [1.82, 2.24) is 15.6 Å². The summed E-state index contributed by atoms with van der Waals surface area (Å²) in [6, 6.07) is 16.1. The molecule has 0 radical (unpaired) electrons. The van der Waals surface area contributed by atoms with Crippen LogP contribution >= 0.6 is 24.0 Å². The van der Waals surface area contributed by atoms with Gasteiger partial charge in [-0.05, 0) is 111 Å². The van der Waals surface area contributed by atoms with E-state index < -0.39 is 17.7 Å². The van der Waals surface area contributed by atoms with Gasteiger partial charge in [-0.15, -0.1) is 12.4 Å². The Morgan fingerprint density at radius 3 is 2.38 bits per heavy atom. The van der Waals surface area contributed by atoms with Crippen LogP contribution in [-0.2, 0) is 16.0 Å². The monoisotopic (exact) mass is 693 g/mol. The molecule has 12 heteroatoms. The Kier molecular flexibility index (Phi) is 11.3. The molecule has 1 aromatic heterocycles. The van der Waals surface area contributed by atoms with Crippen LogP contribution in [0.15, 0.2) is 63.8 Å². The van der Waals surface area contributed by atoms with Crippen molar-refractivity contribution in [3.8, 4) is 11.1 Å². The third kappa shape index (κ3) is 8.11. The largest absolute Gasteiger partial charge is 0.417 e. The number of hydrogen-bond acceptors (Lipinski definition) is 6. The van der Waals surface area contributed by atoms with Crippen molar-refractivity contribution in [3.63, 3.8) is 0 Å². The summed E-state index contributed by atoms with van der Waals surface area (Å²) in [4.78, 5) is 53.9. The van der Waals surface area contributed by atoms with Crippen LogP contribution in [0.4, 0.5) is 5.69 Å². The SMILES string of the molecule is Cc1cc(C(=O)NC2CCC2)ccc1-c1ccc(C[C@H](NC(=O)[C@H]2CC[C@H](CN)CC2)C(=O)Nc2cc(Cl)c3oc(=O)[nH]c3c2)cc1.Cl. The fourth-order valence-electron chi connectivity index (χ4n) is 6.49. The molecule has 0 saturated heterocycles. The Morgan fingerprint density at radius 1 is 1.00 bits per heavy atom. The summed E-state index contributed by atoms with van der Waals surface area (Å²) in [6.07, 6.45) is 6.73. The van der Waals surface area contributed by atoms with Gasteiger partial charge >= 0.3 is 5.76 Å². The Bertz CT molecular complexity index is 1840. The molecular formula is C36H41Cl2N5O5. The van der Waals surface area contributed by atoms with Crippen LogP contribution in [0.2, 0.25) is 5.02 Å². The number of aromatic nitrogens is 1. The van der Waals surface area contributed by atoms with Gasteiger partial charge in [-0.2, -0.15) is 0 Å². The van der Waals surface area contributed by atoms with Gasteiger partial charge in [-0.25, -0.2) is 4.79 Å². The lowest BCUT2D eigenvalue weighted by atomic mass is 9.81. The van der Waals surface area contributed by atoms with E-state index in [0.717, 1.165) is 67.2 Å². The van der Waals surface area contributed by atoms with Crippen LogP contribution in [0, 0.1) is 18.8 Å². The third-order valence-electron chi connectivity index (χ3n) is 9.56. The molecule has 10 nitrogen and oxygen atoms in total. The summed E-state index contributed by atoms with van der Waals surface area (Å²) in [5.74, 6) is -1.01. The molecule has 48 heavy (non-hydrogen) atoms. The number of carbonyl (C=O) groups is 3. The molecule has 0 bridgehead atoms. The first-order valence-corrected chi connectivity index (χ1v) is 16.7. The average molecular weight is 695 g/mol. The molecular weight excluding hydrogens is 653 g/mol. The lowest BCUT2D eigenvalue weighted by molar-refractivity contribution is -0.130. The Morgan fingerprint density at radius 2 is 1.73 bits per heavy atom. The molecule has 0 spiro atoms. The number of benzene rings is 3. The number of hydrogen-bond donors (Lipinski definition) is 5. The number of halogens is 2. The molecule has 6 N–H and O–H groups in total. The summed E-state index contributed by atoms with van der Waals surface area (Å²) in [5.41, 5.74) is 11.3. The molecule has 0 aliphatic heterocycles. The molecule has 2 aliphatic rings. The van der Waals surface area contributed by atoms with Gasteiger partial charge in [0.25, 0.3) is 5.91 Å². The predicted octanol–water partition coefficient (Wildman–Crippen LogP) is 5.89. The van der Waals surface area contributed by atoms with Crippen molar-refractivity contribution in [3.05, 3.63) is 86.9 Å². The summed E-state index contributed by atoms with van der Waals surface area (Å²) in [6.45, 7) is 2.60. The Balaban J connectivity index is 0.00000451. The minimum Gasteiger partial charge on any atom is -0.406 e. The van der Waals surface area contributed by atoms with E-state index in [0.29, 0.717) is 29.2 Å². The normalized spacial score (nSPS) is 18.3. The van der Waals surface area contributed by atoms with Gasteiger partial charge < -0.3 is 26.1 Å². The van der Waals surface area contributed by atoms with Gasteiger partial charge in [0.15, 0.2) is 5.58 Å². The van der Waals surface area contributed by atoms with E-state index in [1.807, 2.05) is 49.4 Å². The van der Waals surface area contributed by atoms with E-state index in [-0.39, 0.29) is 53.2 Å². The van der Waals surface area contributed by atoms with E-state index in [9.17, 15) is 19.2 Å². The Labute approximate surface area is 290 Å². The van der Waals surface area contributed by atoms with E-state index in [1.165, 1.54) is 6.07 Å². The highest BCUT2D eigenvalue weighted by Crippen LogP contribution is 2.30. The number of nitrogens with one attached hydrogen (secondary N) is 4. The molecule has 3 amide bonds. The molecule has 6 rings (SSSR count). The van der Waals surface area contributed by atoms with E-state index in [2.05, 4.69) is 20.9 Å². The first-order valence-electron chi connectivity index (χ1n) is 16.3. The molecule has 2 fully saturated rings. The van der Waals surface area contributed by atoms with Gasteiger partial charge in [-0.1, -0.05) is 41.9 Å². The molecule has 254 valence electrons. The number of nitrogens with two attached hydrogens (primary N) is 1. The number of oxazole rings is 1. The summed E-state index contributed by atoms with van der Waals surface area (Å²) in [5, 5.41) is 9.13. The van der Waals surface area contributed by atoms with Crippen LogP contribution in [0.25, 0.3) is 22.2 Å². The van der Waals surface area contributed by atoms with E-state index in [4.69, 9.17) is 21.8 Å². The highest BCUT2D eigenvalue weighted by molar-refractivity contribution is 6.35. The molecule has 4 aromatic rings. The summed E-state index contributed by atoms with van der Waals surface area (Å²) >= 11 is 6.30. The van der Waals surface area contributed by atoms with Crippen LogP contribution < -0.4 is 27.4 Å². The molecule has 0 unspecified atom stereocenters. The second-order valence-corrected chi connectivity index (χ2v) is 13.3. The van der Waals surface area contributed by atoms with E-state index in [1.54, 1.807) is 6.07 Å². The number of carbonyl (C=O) groups excluding carboxylic acids is 3. The minimum atomic E-state index is -0.867. The van der Waals surface area contributed by atoms with Crippen LogP contribution in [0.1, 0.15) is 66.4 Å². The number of fused-ring (bicyclic) bond motifs is 1. The van der Waals surface area contributed by atoms with Crippen LogP contribution in [-0.4, -0.2) is 41.3 Å². The van der Waals surface area contributed by atoms with Gasteiger partial charge in [0.1, 0.15) is 6.04 Å². The van der Waals surface area contributed by atoms with Crippen molar-refractivity contribution < 1.29 is 18.8 Å². The second kappa shape index (κ2) is 15.4. The zero-order valence-electron chi connectivity index (χ0n) is 26.8. The summed E-state index contributed by atoms with van der Waals surface area (Å²) in [7, 11) is 0. The van der Waals surface area contributed by atoms with Gasteiger partial charge in [0.05, 0.1) is 10.5 Å². The first kappa shape index (κ1) is 35.2. The molecule has 2 saturated carbocycles. The third-order valence-corrected chi connectivity index (χ3v) is 9.84.